The molecule has 0 fully saturated rings. The SMILES string of the molecule is COc1ccc([C@@]2(C)NS(=O)(=O)c3ccccc32)cc1. The molecule has 4 nitrogen and oxygen atoms in total. The normalized spacial score (nSPS) is 23.3. The number of ether oxygens (including phenoxy) is 1. The minimum Gasteiger partial charge on any atom is -0.497 e. The Morgan fingerprint density at radius 3 is 2.35 bits per heavy atom. The summed E-state index contributed by atoms with van der Waals surface area (Å²) in [4.78, 5) is 0.346. The number of hydrogen-bond acceptors (Lipinski definition) is 3. The van der Waals surface area contributed by atoms with Gasteiger partial charge in [-0.1, -0.05) is 30.3 Å². The first-order valence-electron chi connectivity index (χ1n) is 6.25. The predicted molar refractivity (Wildman–Crippen MR) is 76.2 cm³/mol. The van der Waals surface area contributed by atoms with Gasteiger partial charge in [-0.3, -0.25) is 0 Å². The van der Waals surface area contributed by atoms with Crippen molar-refractivity contribution >= 4 is 10.0 Å². The molecule has 1 heterocycles. The summed E-state index contributed by atoms with van der Waals surface area (Å²) in [5.41, 5.74) is 0.902. The second-order valence-electron chi connectivity index (χ2n) is 4.96. The van der Waals surface area contributed by atoms with Crippen molar-refractivity contribution in [2.75, 3.05) is 7.11 Å². The molecule has 0 saturated carbocycles. The Bertz CT molecular complexity index is 753. The highest BCUT2D eigenvalue weighted by atomic mass is 32.2. The molecule has 0 saturated heterocycles. The molecule has 5 heteroatoms. The van der Waals surface area contributed by atoms with Crippen molar-refractivity contribution in [3.63, 3.8) is 0 Å². The Labute approximate surface area is 118 Å². The summed E-state index contributed by atoms with van der Waals surface area (Å²) in [5, 5.41) is 0. The van der Waals surface area contributed by atoms with Crippen LogP contribution in [0, 0.1) is 0 Å². The predicted octanol–water partition coefficient (Wildman–Crippen LogP) is 2.25. The first-order chi connectivity index (χ1) is 9.47. The average molecular weight is 289 g/mol. The Morgan fingerprint density at radius 1 is 1.05 bits per heavy atom. The van der Waals surface area contributed by atoms with Crippen molar-refractivity contribution in [3.05, 3.63) is 59.7 Å². The number of rotatable bonds is 2. The molecule has 0 spiro atoms. The third-order valence-electron chi connectivity index (χ3n) is 3.72. The monoisotopic (exact) mass is 289 g/mol. The molecule has 0 unspecified atom stereocenters. The number of methoxy groups -OCH3 is 1. The lowest BCUT2D eigenvalue weighted by atomic mass is 9.86. The van der Waals surface area contributed by atoms with Crippen molar-refractivity contribution < 1.29 is 13.2 Å². The molecule has 0 radical (unpaired) electrons. The van der Waals surface area contributed by atoms with E-state index in [1.807, 2.05) is 43.3 Å². The lowest BCUT2D eigenvalue weighted by Gasteiger charge is -2.25. The molecule has 104 valence electrons. The molecule has 1 aliphatic heterocycles. The van der Waals surface area contributed by atoms with Crippen LogP contribution in [0.3, 0.4) is 0 Å². The van der Waals surface area contributed by atoms with Crippen LogP contribution < -0.4 is 9.46 Å². The zero-order valence-corrected chi connectivity index (χ0v) is 12.1. The van der Waals surface area contributed by atoms with E-state index in [1.54, 1.807) is 19.2 Å². The van der Waals surface area contributed by atoms with Crippen molar-refractivity contribution in [2.24, 2.45) is 0 Å². The van der Waals surface area contributed by atoms with E-state index in [1.165, 1.54) is 0 Å². The lowest BCUT2D eigenvalue weighted by molar-refractivity contribution is 0.414. The largest absolute Gasteiger partial charge is 0.497 e. The summed E-state index contributed by atoms with van der Waals surface area (Å²) >= 11 is 0. The first kappa shape index (κ1) is 13.1. The molecule has 2 aromatic carbocycles. The van der Waals surface area contributed by atoms with Crippen LogP contribution in [0.2, 0.25) is 0 Å². The van der Waals surface area contributed by atoms with Gasteiger partial charge in [0.2, 0.25) is 10.0 Å². The van der Waals surface area contributed by atoms with E-state index < -0.39 is 15.6 Å². The maximum absolute atomic E-state index is 12.2. The second-order valence-corrected chi connectivity index (χ2v) is 6.61. The molecule has 1 atom stereocenters. The molecule has 0 aliphatic carbocycles. The van der Waals surface area contributed by atoms with Gasteiger partial charge in [-0.2, -0.15) is 4.72 Å². The van der Waals surface area contributed by atoms with Gasteiger partial charge in [0, 0.05) is 0 Å². The van der Waals surface area contributed by atoms with Crippen LogP contribution in [-0.2, 0) is 15.6 Å². The fourth-order valence-corrected chi connectivity index (χ4v) is 4.33. The molecule has 1 aliphatic rings. The zero-order valence-electron chi connectivity index (χ0n) is 11.3. The van der Waals surface area contributed by atoms with Crippen LogP contribution >= 0.6 is 0 Å². The Kier molecular flexibility index (Phi) is 2.84. The fourth-order valence-electron chi connectivity index (χ4n) is 2.63. The molecule has 2 aromatic rings. The van der Waals surface area contributed by atoms with Gasteiger partial charge in [-0.15, -0.1) is 0 Å². The van der Waals surface area contributed by atoms with E-state index in [0.717, 1.165) is 16.9 Å². The van der Waals surface area contributed by atoms with Gasteiger partial charge in [0.15, 0.2) is 0 Å². The standard InChI is InChI=1S/C15H15NO3S/c1-15(11-7-9-12(19-2)10-8-11)13-5-3-4-6-14(13)20(17,18)16-15/h3-10,16H,1-2H3/t15-/m1/s1. The quantitative estimate of drug-likeness (QED) is 0.922. The smallest absolute Gasteiger partial charge is 0.242 e. The average Bonchev–Trinajstić information content (AvgIpc) is 2.68. The molecule has 0 aromatic heterocycles. The summed E-state index contributed by atoms with van der Waals surface area (Å²) in [5.74, 6) is 0.742. The minimum absolute atomic E-state index is 0.346. The molecule has 1 N–H and O–H groups in total. The van der Waals surface area contributed by atoms with E-state index in [4.69, 9.17) is 4.74 Å². The van der Waals surface area contributed by atoms with E-state index in [-0.39, 0.29) is 0 Å². The highest BCUT2D eigenvalue weighted by molar-refractivity contribution is 7.89. The van der Waals surface area contributed by atoms with Crippen molar-refractivity contribution in [3.8, 4) is 5.75 Å². The maximum atomic E-state index is 12.2. The fraction of sp³-hybridized carbons (Fsp3) is 0.200. The van der Waals surface area contributed by atoms with Crippen LogP contribution in [-0.4, -0.2) is 15.5 Å². The van der Waals surface area contributed by atoms with Crippen LogP contribution in [0.25, 0.3) is 0 Å². The van der Waals surface area contributed by atoms with Crippen molar-refractivity contribution in [2.45, 2.75) is 17.4 Å². The summed E-state index contributed by atoms with van der Waals surface area (Å²) in [6, 6.07) is 14.5. The molecular weight excluding hydrogens is 274 g/mol. The first-order valence-corrected chi connectivity index (χ1v) is 7.74. The Hall–Kier alpha value is -1.85. The molecule has 0 amide bonds. The van der Waals surface area contributed by atoms with Gasteiger partial charge in [-0.25, -0.2) is 8.42 Å². The van der Waals surface area contributed by atoms with E-state index >= 15 is 0 Å². The van der Waals surface area contributed by atoms with Crippen LogP contribution in [0.5, 0.6) is 5.75 Å². The number of fused-ring (bicyclic) bond motifs is 1. The number of nitrogens with one attached hydrogen (secondary N) is 1. The highest BCUT2D eigenvalue weighted by Gasteiger charge is 2.43. The van der Waals surface area contributed by atoms with E-state index in [2.05, 4.69) is 4.72 Å². The van der Waals surface area contributed by atoms with Gasteiger partial charge >= 0.3 is 0 Å². The number of hydrogen-bond donors (Lipinski definition) is 1. The third-order valence-corrected chi connectivity index (χ3v) is 5.33. The molecule has 20 heavy (non-hydrogen) atoms. The summed E-state index contributed by atoms with van der Waals surface area (Å²) < 4.78 is 32.4. The number of sulfonamides is 1. The van der Waals surface area contributed by atoms with Crippen LogP contribution in [0.15, 0.2) is 53.4 Å². The minimum atomic E-state index is -3.46. The van der Waals surface area contributed by atoms with E-state index in [9.17, 15) is 8.42 Å². The lowest BCUT2D eigenvalue weighted by Crippen LogP contribution is -2.37. The van der Waals surface area contributed by atoms with Crippen LogP contribution in [0.4, 0.5) is 0 Å². The van der Waals surface area contributed by atoms with Gasteiger partial charge in [0.05, 0.1) is 17.5 Å². The molecule has 3 rings (SSSR count). The molecular formula is C15H15NO3S. The topological polar surface area (TPSA) is 55.4 Å². The van der Waals surface area contributed by atoms with Crippen LogP contribution in [0.1, 0.15) is 18.1 Å². The van der Waals surface area contributed by atoms with Gasteiger partial charge < -0.3 is 4.74 Å². The van der Waals surface area contributed by atoms with Gasteiger partial charge in [0.25, 0.3) is 0 Å². The van der Waals surface area contributed by atoms with Gasteiger partial charge in [0.1, 0.15) is 5.75 Å². The van der Waals surface area contributed by atoms with Gasteiger partial charge in [-0.05, 0) is 36.2 Å². The zero-order chi connectivity index (χ0) is 14.4. The summed E-state index contributed by atoms with van der Waals surface area (Å²) in [7, 11) is -1.86. The second kappa shape index (κ2) is 4.33. The molecule has 0 bridgehead atoms. The van der Waals surface area contributed by atoms with E-state index in [0.29, 0.717) is 4.90 Å². The van der Waals surface area contributed by atoms with Crippen molar-refractivity contribution in [1.29, 1.82) is 0 Å². The third kappa shape index (κ3) is 1.82. The highest BCUT2D eigenvalue weighted by Crippen LogP contribution is 2.40. The van der Waals surface area contributed by atoms with Crippen molar-refractivity contribution in [1.82, 2.24) is 4.72 Å². The maximum Gasteiger partial charge on any atom is 0.242 e. The Morgan fingerprint density at radius 2 is 1.70 bits per heavy atom. The summed E-state index contributed by atoms with van der Waals surface area (Å²) in [6.45, 7) is 1.87. The Balaban J connectivity index is 2.18. The summed E-state index contributed by atoms with van der Waals surface area (Å²) in [6.07, 6.45) is 0. The number of benzene rings is 2.